The van der Waals surface area contributed by atoms with Crippen molar-refractivity contribution in [2.24, 2.45) is 5.41 Å². The normalized spacial score (nSPS) is 11.5. The van der Waals surface area contributed by atoms with Gasteiger partial charge in [0.2, 0.25) is 5.91 Å². The Hall–Kier alpha value is -2.43. The zero-order valence-corrected chi connectivity index (χ0v) is 23.1. The monoisotopic (exact) mass is 564 g/mol. The summed E-state index contributed by atoms with van der Waals surface area (Å²) < 4.78 is 0.775. The van der Waals surface area contributed by atoms with Crippen molar-refractivity contribution >= 4 is 39.1 Å². The fraction of sp³-hybridized carbons (Fsp3) is 0.500. The summed E-state index contributed by atoms with van der Waals surface area (Å²) >= 11 is 7.03. The Morgan fingerprint density at radius 1 is 1.05 bits per heavy atom. The molecule has 5 N–H and O–H groups in total. The molecule has 0 radical (unpaired) electrons. The highest BCUT2D eigenvalue weighted by Crippen LogP contribution is 2.27. The average Bonchev–Trinajstić information content (AvgIpc) is 3.27. The van der Waals surface area contributed by atoms with Gasteiger partial charge in [0, 0.05) is 49.6 Å². The van der Waals surface area contributed by atoms with Crippen LogP contribution in [0.5, 0.6) is 5.75 Å². The van der Waals surface area contributed by atoms with Gasteiger partial charge in [-0.15, -0.1) is 0 Å². The average molecular weight is 565 g/mol. The number of amides is 1. The summed E-state index contributed by atoms with van der Waals surface area (Å²) in [5.74, 6) is 0.129. The number of nitrogens with zero attached hydrogens (tertiary/aromatic N) is 1. The van der Waals surface area contributed by atoms with Crippen molar-refractivity contribution in [3.63, 3.8) is 0 Å². The Morgan fingerprint density at radius 2 is 1.74 bits per heavy atom. The first-order valence-corrected chi connectivity index (χ1v) is 13.8. The second kappa shape index (κ2) is 15.2. The van der Waals surface area contributed by atoms with Gasteiger partial charge in [0.05, 0.1) is 4.70 Å². The largest absolute Gasteiger partial charge is 0.506 e. The van der Waals surface area contributed by atoms with E-state index in [0.29, 0.717) is 51.1 Å². The summed E-state index contributed by atoms with van der Waals surface area (Å²) in [6, 6.07) is 11.2. The van der Waals surface area contributed by atoms with E-state index >= 15 is 0 Å². The lowest BCUT2D eigenvalue weighted by molar-refractivity contribution is -0.132. The molecular formula is C28H41ClN4O4S. The van der Waals surface area contributed by atoms with Crippen LogP contribution in [-0.2, 0) is 17.6 Å². The molecule has 0 aliphatic carbocycles. The molecule has 1 heterocycles. The smallest absolute Gasteiger partial charge is 0.305 e. The number of aromatic nitrogens is 1. The quantitative estimate of drug-likeness (QED) is 0.179. The van der Waals surface area contributed by atoms with Crippen LogP contribution in [0.2, 0.25) is 5.02 Å². The van der Waals surface area contributed by atoms with Crippen LogP contribution < -0.4 is 15.5 Å². The maximum absolute atomic E-state index is 13.0. The highest BCUT2D eigenvalue weighted by molar-refractivity contribution is 7.16. The number of aromatic amines is 1. The molecule has 8 nitrogen and oxygen atoms in total. The number of carbonyl (C=O) groups excluding carboxylic acids is 1. The van der Waals surface area contributed by atoms with E-state index in [1.807, 2.05) is 49.1 Å². The lowest BCUT2D eigenvalue weighted by atomic mass is 9.94. The first-order chi connectivity index (χ1) is 17.7. The SMILES string of the molecule is C.CC(C)(CO)CN(CCNCCc1ccc(O)c2[nH]c(=O)sc12)C(=O)CCNCCc1ccc(Cl)cc1. The van der Waals surface area contributed by atoms with E-state index in [-0.39, 0.29) is 36.0 Å². The molecule has 210 valence electrons. The van der Waals surface area contributed by atoms with Gasteiger partial charge < -0.3 is 30.7 Å². The molecule has 0 aliphatic heterocycles. The maximum atomic E-state index is 13.0. The van der Waals surface area contributed by atoms with Crippen molar-refractivity contribution in [2.75, 3.05) is 45.9 Å². The molecule has 0 saturated heterocycles. The van der Waals surface area contributed by atoms with Gasteiger partial charge in [-0.05, 0) is 55.3 Å². The van der Waals surface area contributed by atoms with E-state index in [0.717, 1.165) is 39.6 Å². The summed E-state index contributed by atoms with van der Waals surface area (Å²) in [5, 5.41) is 27.1. The highest BCUT2D eigenvalue weighted by atomic mass is 35.5. The number of thiazole rings is 1. The first-order valence-electron chi connectivity index (χ1n) is 12.6. The van der Waals surface area contributed by atoms with Crippen LogP contribution in [0.25, 0.3) is 10.2 Å². The number of aliphatic hydroxyl groups is 1. The van der Waals surface area contributed by atoms with E-state index in [2.05, 4.69) is 15.6 Å². The Kier molecular flexibility index (Phi) is 12.7. The molecule has 0 spiro atoms. The van der Waals surface area contributed by atoms with Crippen LogP contribution in [0, 0.1) is 5.41 Å². The predicted molar refractivity (Wildman–Crippen MR) is 158 cm³/mol. The zero-order chi connectivity index (χ0) is 26.8. The molecule has 3 rings (SSSR count). The van der Waals surface area contributed by atoms with Gasteiger partial charge in [0.1, 0.15) is 11.3 Å². The first kappa shape index (κ1) is 31.8. The minimum atomic E-state index is -0.388. The number of aliphatic hydroxyl groups excluding tert-OH is 1. The summed E-state index contributed by atoms with van der Waals surface area (Å²) in [6.45, 7) is 7.56. The lowest BCUT2D eigenvalue weighted by Crippen LogP contribution is -2.44. The topological polar surface area (TPSA) is 118 Å². The highest BCUT2D eigenvalue weighted by Gasteiger charge is 2.24. The van der Waals surface area contributed by atoms with Gasteiger partial charge in [-0.1, -0.05) is 62.4 Å². The third-order valence-electron chi connectivity index (χ3n) is 6.19. The Labute approximate surface area is 234 Å². The number of rotatable bonds is 15. The molecule has 2 aromatic carbocycles. The van der Waals surface area contributed by atoms with Crippen LogP contribution in [0.1, 0.15) is 38.8 Å². The van der Waals surface area contributed by atoms with Crippen molar-refractivity contribution in [3.8, 4) is 5.75 Å². The van der Waals surface area contributed by atoms with Gasteiger partial charge in [-0.3, -0.25) is 9.59 Å². The number of phenols is 1. The van der Waals surface area contributed by atoms with E-state index in [1.54, 1.807) is 6.07 Å². The number of H-pyrrole nitrogens is 1. The minimum Gasteiger partial charge on any atom is -0.506 e. The molecule has 0 unspecified atom stereocenters. The third kappa shape index (κ3) is 9.71. The van der Waals surface area contributed by atoms with Gasteiger partial charge in [-0.25, -0.2) is 0 Å². The van der Waals surface area contributed by atoms with Gasteiger partial charge >= 0.3 is 4.87 Å². The number of hydrogen-bond acceptors (Lipinski definition) is 7. The number of hydrogen-bond donors (Lipinski definition) is 5. The fourth-order valence-corrected chi connectivity index (χ4v) is 5.08. The number of phenolic OH excluding ortho intramolecular Hbond substituents is 1. The van der Waals surface area contributed by atoms with E-state index < -0.39 is 0 Å². The van der Waals surface area contributed by atoms with Gasteiger partial charge in [0.25, 0.3) is 0 Å². The van der Waals surface area contributed by atoms with Crippen molar-refractivity contribution in [2.45, 2.75) is 40.5 Å². The Morgan fingerprint density at radius 3 is 2.45 bits per heavy atom. The summed E-state index contributed by atoms with van der Waals surface area (Å²) in [6.07, 6.45) is 1.95. The molecule has 1 aromatic heterocycles. The standard InChI is InChI=1S/C27H37ClN4O4S.CH4/c1-27(2,18-33)17-32(23(35)11-14-29-12-9-19-3-6-21(28)7-4-19)16-15-30-13-10-20-5-8-22(34)24-25(20)37-26(36)31-24;/h3-8,29-30,33-34H,9-18H2,1-2H3,(H,31,36);1H4. The molecule has 10 heteroatoms. The molecule has 38 heavy (non-hydrogen) atoms. The predicted octanol–water partition coefficient (Wildman–Crippen LogP) is 3.79. The molecule has 3 aromatic rings. The number of aromatic hydroxyl groups is 1. The number of halogens is 1. The number of benzene rings is 2. The molecule has 1 amide bonds. The summed E-state index contributed by atoms with van der Waals surface area (Å²) in [5.41, 5.74) is 2.28. The second-order valence-electron chi connectivity index (χ2n) is 9.98. The maximum Gasteiger partial charge on any atom is 0.305 e. The molecule has 0 saturated carbocycles. The van der Waals surface area contributed by atoms with Crippen molar-refractivity contribution in [1.29, 1.82) is 0 Å². The zero-order valence-electron chi connectivity index (χ0n) is 21.5. The van der Waals surface area contributed by atoms with Crippen molar-refractivity contribution in [1.82, 2.24) is 20.5 Å². The Bertz CT molecular complexity index is 1210. The van der Waals surface area contributed by atoms with Gasteiger partial charge in [0.15, 0.2) is 0 Å². The molecule has 0 aliphatic rings. The summed E-state index contributed by atoms with van der Waals surface area (Å²) in [7, 11) is 0. The van der Waals surface area contributed by atoms with E-state index in [4.69, 9.17) is 11.6 Å². The number of fused-ring (bicyclic) bond motifs is 1. The molecule has 0 atom stereocenters. The minimum absolute atomic E-state index is 0. The number of nitrogens with one attached hydrogen (secondary N) is 3. The Balaban J connectivity index is 0.00000507. The second-order valence-corrected chi connectivity index (χ2v) is 11.4. The molecule has 0 bridgehead atoms. The van der Waals surface area contributed by atoms with Crippen molar-refractivity contribution in [3.05, 3.63) is 62.2 Å². The van der Waals surface area contributed by atoms with E-state index in [1.165, 1.54) is 5.56 Å². The van der Waals surface area contributed by atoms with Crippen LogP contribution in [-0.4, -0.2) is 71.9 Å². The lowest BCUT2D eigenvalue weighted by Gasteiger charge is -2.31. The third-order valence-corrected chi connectivity index (χ3v) is 7.40. The van der Waals surface area contributed by atoms with Crippen LogP contribution in [0.15, 0.2) is 41.2 Å². The molecule has 0 fully saturated rings. The fourth-order valence-electron chi connectivity index (χ4n) is 4.05. The van der Waals surface area contributed by atoms with E-state index in [9.17, 15) is 19.8 Å². The van der Waals surface area contributed by atoms with Gasteiger partial charge in [-0.2, -0.15) is 0 Å². The van der Waals surface area contributed by atoms with Crippen molar-refractivity contribution < 1.29 is 15.0 Å². The van der Waals surface area contributed by atoms with Crippen LogP contribution >= 0.6 is 22.9 Å². The van der Waals surface area contributed by atoms with Crippen LogP contribution in [0.4, 0.5) is 0 Å². The van der Waals surface area contributed by atoms with Crippen LogP contribution in [0.3, 0.4) is 0 Å². The summed E-state index contributed by atoms with van der Waals surface area (Å²) in [4.78, 5) is 29.0. The molecular weight excluding hydrogens is 524 g/mol. The number of carbonyl (C=O) groups is 1.